The van der Waals surface area contributed by atoms with Gasteiger partial charge in [0.05, 0.1) is 0 Å². The van der Waals surface area contributed by atoms with Gasteiger partial charge < -0.3 is 9.88 Å². The fourth-order valence-electron chi connectivity index (χ4n) is 2.55. The van der Waals surface area contributed by atoms with E-state index in [0.29, 0.717) is 0 Å². The monoisotopic (exact) mass is 206 g/mol. The van der Waals surface area contributed by atoms with E-state index in [4.69, 9.17) is 0 Å². The van der Waals surface area contributed by atoms with E-state index >= 15 is 0 Å². The molecular weight excluding hydrogens is 184 g/mol. The SMILES string of the molecule is CC1CCCC(NCc2ccn(C)c2)C1. The summed E-state index contributed by atoms with van der Waals surface area (Å²) in [5.41, 5.74) is 1.40. The molecular formula is C13H22N2. The highest BCUT2D eigenvalue weighted by molar-refractivity contribution is 5.09. The highest BCUT2D eigenvalue weighted by atomic mass is 14.9. The van der Waals surface area contributed by atoms with Crippen LogP contribution in [0.1, 0.15) is 38.2 Å². The first-order valence-corrected chi connectivity index (χ1v) is 6.08. The van der Waals surface area contributed by atoms with E-state index in [-0.39, 0.29) is 0 Å². The number of nitrogens with zero attached hydrogens (tertiary/aromatic N) is 1. The van der Waals surface area contributed by atoms with Crippen molar-refractivity contribution in [1.29, 1.82) is 0 Å². The minimum Gasteiger partial charge on any atom is -0.357 e. The molecule has 1 aliphatic rings. The molecule has 2 unspecified atom stereocenters. The van der Waals surface area contributed by atoms with Crippen LogP contribution >= 0.6 is 0 Å². The lowest BCUT2D eigenvalue weighted by Gasteiger charge is -2.27. The van der Waals surface area contributed by atoms with Crippen molar-refractivity contribution in [2.45, 2.75) is 45.2 Å². The van der Waals surface area contributed by atoms with Crippen LogP contribution in [0.15, 0.2) is 18.5 Å². The van der Waals surface area contributed by atoms with Crippen LogP contribution in [-0.4, -0.2) is 10.6 Å². The second kappa shape index (κ2) is 4.84. The lowest BCUT2D eigenvalue weighted by Crippen LogP contribution is -2.32. The molecule has 0 bridgehead atoms. The van der Waals surface area contributed by atoms with Crippen LogP contribution in [0.2, 0.25) is 0 Å². The van der Waals surface area contributed by atoms with E-state index in [1.165, 1.54) is 31.2 Å². The molecule has 1 saturated carbocycles. The van der Waals surface area contributed by atoms with Gasteiger partial charge in [0.25, 0.3) is 0 Å². The van der Waals surface area contributed by atoms with Crippen molar-refractivity contribution in [3.8, 4) is 0 Å². The second-order valence-electron chi connectivity index (χ2n) is 5.03. The van der Waals surface area contributed by atoms with Gasteiger partial charge in [-0.1, -0.05) is 19.8 Å². The van der Waals surface area contributed by atoms with Gasteiger partial charge in [0.15, 0.2) is 0 Å². The van der Waals surface area contributed by atoms with E-state index in [0.717, 1.165) is 18.5 Å². The van der Waals surface area contributed by atoms with Crippen LogP contribution in [0.4, 0.5) is 0 Å². The van der Waals surface area contributed by atoms with Crippen molar-refractivity contribution in [2.24, 2.45) is 13.0 Å². The molecule has 2 atom stereocenters. The molecule has 0 amide bonds. The third-order valence-electron chi connectivity index (χ3n) is 3.42. The Morgan fingerprint density at radius 3 is 3.00 bits per heavy atom. The molecule has 0 aliphatic heterocycles. The molecule has 1 N–H and O–H groups in total. The van der Waals surface area contributed by atoms with Gasteiger partial charge in [0.1, 0.15) is 0 Å². The quantitative estimate of drug-likeness (QED) is 0.804. The molecule has 0 aromatic carbocycles. The fourth-order valence-corrected chi connectivity index (χ4v) is 2.55. The van der Waals surface area contributed by atoms with Gasteiger partial charge in [0.2, 0.25) is 0 Å². The third-order valence-corrected chi connectivity index (χ3v) is 3.42. The molecule has 0 spiro atoms. The summed E-state index contributed by atoms with van der Waals surface area (Å²) in [6, 6.07) is 2.94. The minimum absolute atomic E-state index is 0.744. The predicted octanol–water partition coefficient (Wildman–Crippen LogP) is 2.69. The maximum atomic E-state index is 3.67. The number of aromatic nitrogens is 1. The number of aryl methyl sites for hydroxylation is 1. The Bertz CT molecular complexity index is 303. The second-order valence-corrected chi connectivity index (χ2v) is 5.03. The maximum Gasteiger partial charge on any atom is 0.0223 e. The van der Waals surface area contributed by atoms with Crippen molar-refractivity contribution < 1.29 is 0 Å². The summed E-state index contributed by atoms with van der Waals surface area (Å²) in [6.07, 6.45) is 9.83. The number of nitrogens with one attached hydrogen (secondary N) is 1. The first-order valence-electron chi connectivity index (χ1n) is 6.08. The smallest absolute Gasteiger partial charge is 0.0223 e. The molecule has 1 heterocycles. The highest BCUT2D eigenvalue weighted by Crippen LogP contribution is 2.23. The average molecular weight is 206 g/mol. The van der Waals surface area contributed by atoms with E-state index < -0.39 is 0 Å². The van der Waals surface area contributed by atoms with Crippen LogP contribution in [0.5, 0.6) is 0 Å². The zero-order valence-electron chi connectivity index (χ0n) is 9.87. The Kier molecular flexibility index (Phi) is 3.47. The molecule has 2 rings (SSSR count). The van der Waals surface area contributed by atoms with Crippen molar-refractivity contribution >= 4 is 0 Å². The number of hydrogen-bond donors (Lipinski definition) is 1. The molecule has 1 aliphatic carbocycles. The Balaban J connectivity index is 1.77. The summed E-state index contributed by atoms with van der Waals surface area (Å²) in [5, 5.41) is 3.67. The van der Waals surface area contributed by atoms with E-state index in [1.807, 2.05) is 0 Å². The molecule has 0 saturated heterocycles. The summed E-state index contributed by atoms with van der Waals surface area (Å²) in [7, 11) is 2.08. The Hall–Kier alpha value is -0.760. The molecule has 0 radical (unpaired) electrons. The van der Waals surface area contributed by atoms with Gasteiger partial charge in [-0.15, -0.1) is 0 Å². The van der Waals surface area contributed by atoms with E-state index in [2.05, 4.69) is 42.3 Å². The molecule has 84 valence electrons. The van der Waals surface area contributed by atoms with Gasteiger partial charge in [-0.05, 0) is 30.4 Å². The van der Waals surface area contributed by atoms with E-state index in [9.17, 15) is 0 Å². The van der Waals surface area contributed by atoms with Crippen LogP contribution in [0, 0.1) is 5.92 Å². The Morgan fingerprint density at radius 2 is 2.33 bits per heavy atom. The zero-order chi connectivity index (χ0) is 10.7. The maximum absolute atomic E-state index is 3.67. The largest absolute Gasteiger partial charge is 0.357 e. The van der Waals surface area contributed by atoms with Crippen molar-refractivity contribution in [3.05, 3.63) is 24.0 Å². The third kappa shape index (κ3) is 3.10. The summed E-state index contributed by atoms with van der Waals surface area (Å²) >= 11 is 0. The minimum atomic E-state index is 0.744. The molecule has 15 heavy (non-hydrogen) atoms. The van der Waals surface area contributed by atoms with Gasteiger partial charge in [-0.25, -0.2) is 0 Å². The van der Waals surface area contributed by atoms with E-state index in [1.54, 1.807) is 0 Å². The van der Waals surface area contributed by atoms with Crippen molar-refractivity contribution in [3.63, 3.8) is 0 Å². The zero-order valence-corrected chi connectivity index (χ0v) is 9.87. The predicted molar refractivity (Wildman–Crippen MR) is 63.7 cm³/mol. The topological polar surface area (TPSA) is 17.0 Å². The molecule has 2 heteroatoms. The average Bonchev–Trinajstić information content (AvgIpc) is 2.62. The highest BCUT2D eigenvalue weighted by Gasteiger charge is 2.17. The molecule has 2 nitrogen and oxygen atoms in total. The van der Waals surface area contributed by atoms with Crippen LogP contribution in [0.25, 0.3) is 0 Å². The summed E-state index contributed by atoms with van der Waals surface area (Å²) in [6.45, 7) is 3.40. The standard InChI is InChI=1S/C13H22N2/c1-11-4-3-5-13(8-11)14-9-12-6-7-15(2)10-12/h6-7,10-11,13-14H,3-5,8-9H2,1-2H3. The molecule has 1 aromatic heterocycles. The van der Waals surface area contributed by atoms with Crippen molar-refractivity contribution in [1.82, 2.24) is 9.88 Å². The van der Waals surface area contributed by atoms with Crippen LogP contribution in [0.3, 0.4) is 0 Å². The summed E-state index contributed by atoms with van der Waals surface area (Å²) < 4.78 is 2.11. The fraction of sp³-hybridized carbons (Fsp3) is 0.692. The van der Waals surface area contributed by atoms with Gasteiger partial charge in [0, 0.05) is 32.0 Å². The number of hydrogen-bond acceptors (Lipinski definition) is 1. The first kappa shape index (κ1) is 10.7. The normalized spacial score (nSPS) is 26.8. The van der Waals surface area contributed by atoms with Gasteiger partial charge >= 0.3 is 0 Å². The lowest BCUT2D eigenvalue weighted by atomic mass is 9.87. The summed E-state index contributed by atoms with van der Waals surface area (Å²) in [4.78, 5) is 0. The van der Waals surface area contributed by atoms with Gasteiger partial charge in [-0.2, -0.15) is 0 Å². The first-order chi connectivity index (χ1) is 7.24. The molecule has 1 fully saturated rings. The van der Waals surface area contributed by atoms with Gasteiger partial charge in [-0.3, -0.25) is 0 Å². The van der Waals surface area contributed by atoms with Crippen LogP contribution < -0.4 is 5.32 Å². The summed E-state index contributed by atoms with van der Waals surface area (Å²) in [5.74, 6) is 0.909. The number of rotatable bonds is 3. The Labute approximate surface area is 92.7 Å². The Morgan fingerprint density at radius 1 is 1.47 bits per heavy atom. The molecule has 1 aromatic rings. The lowest BCUT2D eigenvalue weighted by molar-refractivity contribution is 0.300. The van der Waals surface area contributed by atoms with Crippen molar-refractivity contribution in [2.75, 3.05) is 0 Å². The van der Waals surface area contributed by atoms with Crippen LogP contribution in [-0.2, 0) is 13.6 Å².